The Bertz CT molecular complexity index is 1210. The molecule has 1 atom stereocenters. The quantitative estimate of drug-likeness (QED) is 0.767. The first-order valence-electron chi connectivity index (χ1n) is 9.40. The molecule has 2 N–H and O–H groups in total. The van der Waals surface area contributed by atoms with Gasteiger partial charge in [0.25, 0.3) is 0 Å². The number of ether oxygens (including phenoxy) is 2. The molecule has 1 amide bonds. The second kappa shape index (κ2) is 7.29. The number of allylic oxidation sites excluding steroid dienone is 1. The van der Waals surface area contributed by atoms with Gasteiger partial charge in [0.1, 0.15) is 28.8 Å². The number of para-hydroxylation sites is 1. The third kappa shape index (κ3) is 2.78. The number of amides is 1. The van der Waals surface area contributed by atoms with Gasteiger partial charge in [-0.15, -0.1) is 0 Å². The van der Waals surface area contributed by atoms with E-state index in [1.807, 2.05) is 6.07 Å². The van der Waals surface area contributed by atoms with Gasteiger partial charge in [-0.05, 0) is 30.7 Å². The molecule has 0 radical (unpaired) electrons. The van der Waals surface area contributed by atoms with Gasteiger partial charge < -0.3 is 20.1 Å². The van der Waals surface area contributed by atoms with Crippen molar-refractivity contribution in [3.8, 4) is 6.07 Å². The van der Waals surface area contributed by atoms with Crippen LogP contribution < -0.4 is 10.6 Å². The average molecular weight is 419 g/mol. The van der Waals surface area contributed by atoms with Crippen LogP contribution in [0.1, 0.15) is 18.1 Å². The van der Waals surface area contributed by atoms with Gasteiger partial charge in [0.05, 0.1) is 13.7 Å². The van der Waals surface area contributed by atoms with Gasteiger partial charge in [-0.25, -0.2) is 9.18 Å². The van der Waals surface area contributed by atoms with Gasteiger partial charge >= 0.3 is 5.97 Å². The third-order valence-electron chi connectivity index (χ3n) is 5.53. The summed E-state index contributed by atoms with van der Waals surface area (Å²) >= 11 is 0. The number of nitriles is 1. The van der Waals surface area contributed by atoms with Crippen molar-refractivity contribution in [1.29, 1.82) is 5.26 Å². The fraction of sp³-hybridized carbons (Fsp3) is 0.174. The summed E-state index contributed by atoms with van der Waals surface area (Å²) < 4.78 is 23.7. The topological polar surface area (TPSA) is 106 Å². The number of carbonyl (C=O) groups excluding carboxylic acids is 2. The average Bonchev–Trinajstić information content (AvgIpc) is 2.99. The fourth-order valence-corrected chi connectivity index (χ4v) is 4.24. The molecular formula is C23H18FN3O4. The third-order valence-corrected chi connectivity index (χ3v) is 5.53. The lowest BCUT2D eigenvalue weighted by Crippen LogP contribution is -2.48. The number of fused-ring (bicyclic) bond motifs is 2. The van der Waals surface area contributed by atoms with Gasteiger partial charge in [-0.2, -0.15) is 5.26 Å². The maximum Gasteiger partial charge on any atom is 0.339 e. The Morgan fingerprint density at radius 3 is 2.58 bits per heavy atom. The smallest absolute Gasteiger partial charge is 0.339 e. The normalized spacial score (nSPS) is 19.9. The number of esters is 1. The van der Waals surface area contributed by atoms with E-state index in [0.29, 0.717) is 16.8 Å². The predicted octanol–water partition coefficient (Wildman–Crippen LogP) is 2.78. The van der Waals surface area contributed by atoms with E-state index >= 15 is 0 Å². The highest BCUT2D eigenvalue weighted by Crippen LogP contribution is 2.54. The minimum absolute atomic E-state index is 0.0788. The fourth-order valence-electron chi connectivity index (χ4n) is 4.24. The van der Waals surface area contributed by atoms with Gasteiger partial charge in [-0.3, -0.25) is 4.79 Å². The summed E-state index contributed by atoms with van der Waals surface area (Å²) in [5.74, 6) is -1.91. The van der Waals surface area contributed by atoms with Crippen molar-refractivity contribution < 1.29 is 23.5 Å². The van der Waals surface area contributed by atoms with Crippen LogP contribution in [0, 0.1) is 17.1 Å². The van der Waals surface area contributed by atoms with Crippen LogP contribution in [0.3, 0.4) is 0 Å². The van der Waals surface area contributed by atoms with Crippen LogP contribution in [0.5, 0.6) is 0 Å². The molecule has 0 saturated heterocycles. The Labute approximate surface area is 177 Å². The Hall–Kier alpha value is -4.12. The molecule has 0 aliphatic carbocycles. The van der Waals surface area contributed by atoms with Gasteiger partial charge in [-0.1, -0.05) is 30.3 Å². The molecule has 2 aliphatic heterocycles. The number of nitrogens with two attached hydrogens (primary N) is 1. The summed E-state index contributed by atoms with van der Waals surface area (Å²) in [6.45, 7) is 1.60. The van der Waals surface area contributed by atoms with Crippen LogP contribution in [0.4, 0.5) is 10.1 Å². The molecule has 0 fully saturated rings. The monoisotopic (exact) mass is 419 g/mol. The minimum Gasteiger partial charge on any atom is -0.466 e. The molecule has 8 heteroatoms. The van der Waals surface area contributed by atoms with Crippen molar-refractivity contribution >= 4 is 17.6 Å². The van der Waals surface area contributed by atoms with E-state index in [1.54, 1.807) is 36.4 Å². The highest BCUT2D eigenvalue weighted by Gasteiger charge is 2.62. The number of methoxy groups -OCH3 is 1. The van der Waals surface area contributed by atoms with E-state index in [1.165, 1.54) is 31.1 Å². The van der Waals surface area contributed by atoms with Gasteiger partial charge in [0, 0.05) is 11.3 Å². The second-order valence-corrected chi connectivity index (χ2v) is 7.16. The summed E-state index contributed by atoms with van der Waals surface area (Å²) in [5.41, 5.74) is 5.53. The van der Waals surface area contributed by atoms with Gasteiger partial charge in [0.2, 0.25) is 11.8 Å². The van der Waals surface area contributed by atoms with E-state index in [-0.39, 0.29) is 29.3 Å². The Morgan fingerprint density at radius 2 is 1.94 bits per heavy atom. The number of halogens is 1. The minimum atomic E-state index is -1.80. The predicted molar refractivity (Wildman–Crippen MR) is 108 cm³/mol. The molecule has 0 aromatic heterocycles. The highest BCUT2D eigenvalue weighted by molar-refractivity contribution is 6.18. The molecule has 2 heterocycles. The van der Waals surface area contributed by atoms with E-state index in [2.05, 4.69) is 0 Å². The van der Waals surface area contributed by atoms with E-state index < -0.39 is 23.1 Å². The standard InChI is InChI=1S/C23H18FN3O4/c1-13-19(21(28)30-2)23(17(11-25)20(26)31-13)16-5-3-4-6-18(16)27(22(23)29)12-14-7-9-15(24)10-8-14/h3-10H,12,26H2,1-2H3. The van der Waals surface area contributed by atoms with Crippen LogP contribution >= 0.6 is 0 Å². The molecule has 7 nitrogen and oxygen atoms in total. The number of rotatable bonds is 3. The zero-order valence-corrected chi connectivity index (χ0v) is 16.8. The molecule has 0 saturated carbocycles. The Balaban J connectivity index is 1.99. The molecule has 2 aromatic rings. The van der Waals surface area contributed by atoms with Gasteiger partial charge in [0.15, 0.2) is 5.41 Å². The Kier molecular flexibility index (Phi) is 4.74. The molecule has 156 valence electrons. The summed E-state index contributed by atoms with van der Waals surface area (Å²) in [4.78, 5) is 28.3. The molecule has 1 spiro atoms. The maximum absolute atomic E-state index is 14.0. The first kappa shape index (κ1) is 20.2. The number of carbonyl (C=O) groups is 2. The molecule has 1 unspecified atom stereocenters. The maximum atomic E-state index is 14.0. The number of anilines is 1. The number of nitrogens with zero attached hydrogens (tertiary/aromatic N) is 2. The second-order valence-electron chi connectivity index (χ2n) is 7.16. The summed E-state index contributed by atoms with van der Waals surface area (Å²) in [5, 5.41) is 9.94. The zero-order valence-electron chi connectivity index (χ0n) is 16.8. The first-order valence-corrected chi connectivity index (χ1v) is 9.40. The van der Waals surface area contributed by atoms with E-state index in [9.17, 15) is 19.2 Å². The molecule has 2 aliphatic rings. The van der Waals surface area contributed by atoms with Crippen LogP contribution in [0.25, 0.3) is 0 Å². The largest absolute Gasteiger partial charge is 0.466 e. The van der Waals surface area contributed by atoms with Crippen molar-refractivity contribution in [2.45, 2.75) is 18.9 Å². The van der Waals surface area contributed by atoms with E-state index in [0.717, 1.165) is 0 Å². The summed E-state index contributed by atoms with van der Waals surface area (Å²) in [6, 6.07) is 14.5. The molecule has 4 rings (SSSR count). The Morgan fingerprint density at radius 1 is 1.26 bits per heavy atom. The van der Waals surface area contributed by atoms with Crippen LogP contribution in [-0.2, 0) is 31.0 Å². The molecule has 31 heavy (non-hydrogen) atoms. The van der Waals surface area contributed by atoms with Crippen LogP contribution in [0.2, 0.25) is 0 Å². The zero-order chi connectivity index (χ0) is 22.3. The van der Waals surface area contributed by atoms with Crippen molar-refractivity contribution in [3.05, 3.63) is 88.3 Å². The number of hydrogen-bond donors (Lipinski definition) is 1. The van der Waals surface area contributed by atoms with Crippen LogP contribution in [-0.4, -0.2) is 19.0 Å². The van der Waals surface area contributed by atoms with Crippen molar-refractivity contribution in [1.82, 2.24) is 0 Å². The van der Waals surface area contributed by atoms with E-state index in [4.69, 9.17) is 15.2 Å². The lowest BCUT2D eigenvalue weighted by atomic mass is 9.68. The summed E-state index contributed by atoms with van der Waals surface area (Å²) in [6.07, 6.45) is 0. The molecular weight excluding hydrogens is 401 g/mol. The highest BCUT2D eigenvalue weighted by atomic mass is 19.1. The lowest BCUT2D eigenvalue weighted by molar-refractivity contribution is -0.138. The number of benzene rings is 2. The first-order chi connectivity index (χ1) is 14.9. The van der Waals surface area contributed by atoms with Crippen molar-refractivity contribution in [2.24, 2.45) is 5.73 Å². The molecule has 0 bridgehead atoms. The van der Waals surface area contributed by atoms with Crippen molar-refractivity contribution in [2.75, 3.05) is 12.0 Å². The number of hydrogen-bond acceptors (Lipinski definition) is 6. The van der Waals surface area contributed by atoms with Crippen molar-refractivity contribution in [3.63, 3.8) is 0 Å². The SMILES string of the molecule is COC(=O)C1=C(C)OC(N)=C(C#N)C12C(=O)N(Cc1ccc(F)cc1)c1ccccc12. The van der Waals surface area contributed by atoms with Crippen LogP contribution in [0.15, 0.2) is 71.3 Å². The molecule has 2 aromatic carbocycles. The summed E-state index contributed by atoms with van der Waals surface area (Å²) in [7, 11) is 1.19. The lowest BCUT2D eigenvalue weighted by Gasteiger charge is -2.34.